The quantitative estimate of drug-likeness (QED) is 0.354. The first kappa shape index (κ1) is 25.7. The number of nitrogens with zero attached hydrogens (tertiary/aromatic N) is 1. The molecule has 2 saturated heterocycles. The van der Waals surface area contributed by atoms with E-state index in [1.165, 1.54) is 4.90 Å². The van der Waals surface area contributed by atoms with Crippen LogP contribution in [-0.2, 0) is 29.9 Å². The number of amides is 2. The first-order chi connectivity index (χ1) is 18.3. The van der Waals surface area contributed by atoms with Crippen LogP contribution < -0.4 is 10.1 Å². The Morgan fingerprint density at radius 3 is 2.00 bits per heavy atom. The van der Waals surface area contributed by atoms with Crippen molar-refractivity contribution in [1.29, 1.82) is 0 Å². The number of β-lactam (4-membered cyclic amide) rings is 1. The number of esters is 1. The van der Waals surface area contributed by atoms with Crippen LogP contribution in [0.1, 0.15) is 31.1 Å². The third-order valence-corrected chi connectivity index (χ3v) is 9.04. The Kier molecular flexibility index (Phi) is 7.03. The van der Waals surface area contributed by atoms with Crippen LogP contribution in [0.4, 0.5) is 0 Å². The Morgan fingerprint density at radius 2 is 1.45 bits per heavy atom. The SMILES string of the molecule is CC1(C)C(C(=O)OC(c2ccccc2)c2ccccc2)N2C(=O)C(NC(=O)COc3ccccc3)C2S1=O. The van der Waals surface area contributed by atoms with E-state index in [-0.39, 0.29) is 6.61 Å². The lowest BCUT2D eigenvalue weighted by Gasteiger charge is -2.43. The van der Waals surface area contributed by atoms with Gasteiger partial charge in [-0.25, -0.2) is 4.79 Å². The van der Waals surface area contributed by atoms with Crippen molar-refractivity contribution in [3.63, 3.8) is 0 Å². The van der Waals surface area contributed by atoms with Crippen molar-refractivity contribution < 1.29 is 28.1 Å². The number of fused-ring (bicyclic) bond motifs is 1. The molecule has 0 saturated carbocycles. The monoisotopic (exact) mass is 532 g/mol. The lowest BCUT2D eigenvalue weighted by atomic mass is 9.95. The Balaban J connectivity index is 1.32. The lowest BCUT2D eigenvalue weighted by molar-refractivity contribution is -0.166. The van der Waals surface area contributed by atoms with Gasteiger partial charge in [-0.05, 0) is 37.1 Å². The fourth-order valence-corrected chi connectivity index (χ4v) is 6.84. The smallest absolute Gasteiger partial charge is 0.331 e. The van der Waals surface area contributed by atoms with Gasteiger partial charge in [0.1, 0.15) is 23.2 Å². The average Bonchev–Trinajstić information content (AvgIpc) is 3.13. The molecule has 2 aliphatic heterocycles. The van der Waals surface area contributed by atoms with Gasteiger partial charge in [0.25, 0.3) is 5.91 Å². The highest BCUT2D eigenvalue weighted by Crippen LogP contribution is 2.44. The molecule has 2 heterocycles. The zero-order chi connectivity index (χ0) is 26.9. The number of carbonyl (C=O) groups is 3. The highest BCUT2D eigenvalue weighted by Gasteiger charge is 2.68. The van der Waals surface area contributed by atoms with Crippen molar-refractivity contribution in [1.82, 2.24) is 10.2 Å². The molecule has 4 atom stereocenters. The van der Waals surface area contributed by atoms with Crippen LogP contribution in [0, 0.1) is 0 Å². The van der Waals surface area contributed by atoms with Crippen LogP contribution in [0.15, 0.2) is 91.0 Å². The molecule has 0 aromatic heterocycles. The van der Waals surface area contributed by atoms with E-state index in [9.17, 15) is 18.6 Å². The summed E-state index contributed by atoms with van der Waals surface area (Å²) in [7, 11) is -1.63. The molecule has 0 spiro atoms. The predicted molar refractivity (Wildman–Crippen MR) is 141 cm³/mol. The molecule has 3 aromatic rings. The summed E-state index contributed by atoms with van der Waals surface area (Å²) in [5.41, 5.74) is 1.55. The number of rotatable bonds is 8. The molecule has 4 unspecified atom stereocenters. The maximum atomic E-state index is 13.6. The van der Waals surface area contributed by atoms with Gasteiger partial charge in [0.2, 0.25) is 5.91 Å². The van der Waals surface area contributed by atoms with Crippen molar-refractivity contribution in [2.24, 2.45) is 0 Å². The normalized spacial score (nSPS) is 23.3. The van der Waals surface area contributed by atoms with E-state index < -0.39 is 56.9 Å². The lowest BCUT2D eigenvalue weighted by Crippen LogP contribution is -2.72. The third kappa shape index (κ3) is 4.69. The molecule has 0 aliphatic carbocycles. The molecule has 38 heavy (non-hydrogen) atoms. The van der Waals surface area contributed by atoms with Crippen molar-refractivity contribution in [2.45, 2.75) is 42.2 Å². The van der Waals surface area contributed by atoms with Crippen LogP contribution in [0.5, 0.6) is 5.75 Å². The van der Waals surface area contributed by atoms with E-state index >= 15 is 0 Å². The van der Waals surface area contributed by atoms with Crippen LogP contribution in [0.2, 0.25) is 0 Å². The van der Waals surface area contributed by atoms with Crippen molar-refractivity contribution >= 4 is 28.6 Å². The molecular formula is C29H28N2O6S. The maximum Gasteiger partial charge on any atom is 0.331 e. The molecule has 0 radical (unpaired) electrons. The van der Waals surface area contributed by atoms with Gasteiger partial charge < -0.3 is 19.7 Å². The fourth-order valence-electron chi connectivity index (χ4n) is 4.92. The third-order valence-electron chi connectivity index (χ3n) is 6.85. The van der Waals surface area contributed by atoms with Crippen LogP contribution in [0.25, 0.3) is 0 Å². The Morgan fingerprint density at radius 1 is 0.921 bits per heavy atom. The summed E-state index contributed by atoms with van der Waals surface area (Å²) in [5.74, 6) is -1.11. The fraction of sp³-hybridized carbons (Fsp3) is 0.276. The number of carbonyl (C=O) groups excluding carboxylic acids is 3. The molecule has 0 bridgehead atoms. The summed E-state index contributed by atoms with van der Waals surface area (Å²) in [6.45, 7) is 3.06. The summed E-state index contributed by atoms with van der Waals surface area (Å²) in [4.78, 5) is 40.6. The number of benzene rings is 3. The second-order valence-corrected chi connectivity index (χ2v) is 11.9. The first-order valence-corrected chi connectivity index (χ1v) is 13.5. The van der Waals surface area contributed by atoms with E-state index in [1.807, 2.05) is 66.7 Å². The van der Waals surface area contributed by atoms with E-state index in [2.05, 4.69) is 5.32 Å². The highest BCUT2D eigenvalue weighted by atomic mass is 32.2. The Labute approximate surface area is 223 Å². The van der Waals surface area contributed by atoms with Crippen LogP contribution in [0.3, 0.4) is 0 Å². The Hall–Kier alpha value is -3.98. The van der Waals surface area contributed by atoms with Gasteiger partial charge in [-0.1, -0.05) is 78.9 Å². The van der Waals surface area contributed by atoms with Gasteiger partial charge in [0, 0.05) is 0 Å². The van der Waals surface area contributed by atoms with E-state index in [0.29, 0.717) is 5.75 Å². The largest absolute Gasteiger partial charge is 0.484 e. The van der Waals surface area contributed by atoms with E-state index in [1.54, 1.807) is 38.1 Å². The van der Waals surface area contributed by atoms with Gasteiger partial charge in [0.05, 0.1) is 15.5 Å². The molecule has 1 N–H and O–H groups in total. The number of hydrogen-bond acceptors (Lipinski definition) is 6. The molecule has 8 nitrogen and oxygen atoms in total. The molecule has 9 heteroatoms. The molecule has 196 valence electrons. The van der Waals surface area contributed by atoms with Gasteiger partial charge >= 0.3 is 5.97 Å². The topological polar surface area (TPSA) is 102 Å². The molecule has 2 fully saturated rings. The van der Waals surface area contributed by atoms with Gasteiger partial charge in [-0.3, -0.25) is 13.8 Å². The summed E-state index contributed by atoms with van der Waals surface area (Å²) < 4.78 is 23.9. The zero-order valence-electron chi connectivity index (χ0n) is 21.0. The standard InChI is InChI=1S/C29H28N2O6S/c1-29(2)25(28(34)37-24(19-12-6-3-7-13-19)20-14-8-4-9-15-20)31-26(33)23(27(31)38(29)35)30-22(32)18-36-21-16-10-5-11-17-21/h3-17,23-25,27H,18H2,1-2H3,(H,30,32). The zero-order valence-corrected chi connectivity index (χ0v) is 21.8. The maximum absolute atomic E-state index is 13.6. The number of nitrogens with one attached hydrogen (secondary N) is 1. The predicted octanol–water partition coefficient (Wildman–Crippen LogP) is 2.96. The second-order valence-electron chi connectivity index (χ2n) is 9.72. The second kappa shape index (κ2) is 10.4. The average molecular weight is 533 g/mol. The molecule has 2 aliphatic rings. The van der Waals surface area contributed by atoms with Gasteiger partial charge in [-0.2, -0.15) is 0 Å². The minimum Gasteiger partial charge on any atom is -0.484 e. The Bertz CT molecular complexity index is 1310. The number of para-hydroxylation sites is 1. The van der Waals surface area contributed by atoms with E-state index in [0.717, 1.165) is 11.1 Å². The minimum atomic E-state index is -1.63. The number of hydrogen-bond donors (Lipinski definition) is 1. The van der Waals surface area contributed by atoms with Crippen molar-refractivity contribution in [3.05, 3.63) is 102 Å². The summed E-state index contributed by atoms with van der Waals surface area (Å²) >= 11 is 0. The van der Waals surface area contributed by atoms with Crippen molar-refractivity contribution in [3.8, 4) is 5.75 Å². The summed E-state index contributed by atoms with van der Waals surface area (Å²) in [6, 6.07) is 25.4. The molecule has 3 aromatic carbocycles. The van der Waals surface area contributed by atoms with Gasteiger partial charge in [0.15, 0.2) is 12.7 Å². The van der Waals surface area contributed by atoms with Crippen LogP contribution in [-0.4, -0.2) is 55.7 Å². The van der Waals surface area contributed by atoms with Crippen molar-refractivity contribution in [2.75, 3.05) is 6.61 Å². The van der Waals surface area contributed by atoms with Gasteiger partial charge in [-0.15, -0.1) is 0 Å². The molecule has 2 amide bonds. The number of ether oxygens (including phenoxy) is 2. The van der Waals surface area contributed by atoms with E-state index in [4.69, 9.17) is 9.47 Å². The van der Waals surface area contributed by atoms with Crippen LogP contribution >= 0.6 is 0 Å². The minimum absolute atomic E-state index is 0.294. The highest BCUT2D eigenvalue weighted by molar-refractivity contribution is 7.87. The summed E-state index contributed by atoms with van der Waals surface area (Å²) in [6.07, 6.45) is -0.699. The molecular weight excluding hydrogens is 504 g/mol. The first-order valence-electron chi connectivity index (χ1n) is 12.3. The molecule has 5 rings (SSSR count). The summed E-state index contributed by atoms with van der Waals surface area (Å²) in [5, 5.41) is 1.80.